The second-order valence-corrected chi connectivity index (χ2v) is 7.92. The Bertz CT molecular complexity index is 1320. The number of nitrogens with one attached hydrogen (secondary N) is 2. The summed E-state index contributed by atoms with van der Waals surface area (Å²) in [5.74, 6) is 1.03. The van der Waals surface area contributed by atoms with Gasteiger partial charge in [-0.1, -0.05) is 5.21 Å². The highest BCUT2D eigenvalue weighted by molar-refractivity contribution is 5.99. The molecule has 0 aliphatic carbocycles. The third kappa shape index (κ3) is 4.98. The van der Waals surface area contributed by atoms with E-state index in [9.17, 15) is 4.79 Å². The summed E-state index contributed by atoms with van der Waals surface area (Å²) in [4.78, 5) is 22.1. The lowest BCUT2D eigenvalue weighted by Crippen LogP contribution is -2.24. The van der Waals surface area contributed by atoms with E-state index in [0.29, 0.717) is 41.6 Å². The molecular formula is C25H28N6O3. The summed E-state index contributed by atoms with van der Waals surface area (Å²) in [7, 11) is 1.59. The number of rotatable bonds is 9. The predicted octanol–water partition coefficient (Wildman–Crippen LogP) is 3.80. The average Bonchev–Trinajstić information content (AvgIpc) is 3.25. The molecule has 0 aliphatic rings. The molecule has 0 atom stereocenters. The van der Waals surface area contributed by atoms with Crippen molar-refractivity contribution in [1.82, 2.24) is 30.7 Å². The maximum Gasteiger partial charge on any atom is 0.251 e. The summed E-state index contributed by atoms with van der Waals surface area (Å²) in [5.41, 5.74) is 5.35. The first-order chi connectivity index (χ1) is 16.5. The van der Waals surface area contributed by atoms with E-state index in [-0.39, 0.29) is 5.91 Å². The van der Waals surface area contributed by atoms with Crippen molar-refractivity contribution in [3.8, 4) is 22.9 Å². The van der Waals surface area contributed by atoms with Crippen molar-refractivity contribution in [2.45, 2.75) is 33.6 Å². The van der Waals surface area contributed by atoms with Gasteiger partial charge >= 0.3 is 0 Å². The molecule has 0 fully saturated rings. The Balaban J connectivity index is 1.59. The summed E-state index contributed by atoms with van der Waals surface area (Å²) < 4.78 is 11.4. The minimum Gasteiger partial charge on any atom is -0.493 e. The topological polar surface area (TPSA) is 115 Å². The minimum absolute atomic E-state index is 0.152. The van der Waals surface area contributed by atoms with E-state index in [1.807, 2.05) is 45.0 Å². The summed E-state index contributed by atoms with van der Waals surface area (Å²) >= 11 is 0. The number of ether oxygens (including phenoxy) is 2. The van der Waals surface area contributed by atoms with Gasteiger partial charge in [-0.15, -0.1) is 5.10 Å². The van der Waals surface area contributed by atoms with Crippen LogP contribution in [0.5, 0.6) is 11.6 Å². The fourth-order valence-corrected chi connectivity index (χ4v) is 3.74. The molecular weight excluding hydrogens is 432 g/mol. The molecule has 0 unspecified atom stereocenters. The molecule has 2 N–H and O–H groups in total. The number of carbonyl (C=O) groups is 1. The van der Waals surface area contributed by atoms with Gasteiger partial charge in [0.15, 0.2) is 0 Å². The van der Waals surface area contributed by atoms with Crippen LogP contribution in [0.4, 0.5) is 0 Å². The van der Waals surface area contributed by atoms with Crippen molar-refractivity contribution in [3.63, 3.8) is 0 Å². The molecule has 34 heavy (non-hydrogen) atoms. The quantitative estimate of drug-likeness (QED) is 0.365. The normalized spacial score (nSPS) is 10.9. The number of aromatic nitrogens is 5. The first kappa shape index (κ1) is 23.2. The van der Waals surface area contributed by atoms with Crippen molar-refractivity contribution in [3.05, 3.63) is 59.0 Å². The zero-order valence-corrected chi connectivity index (χ0v) is 19.8. The van der Waals surface area contributed by atoms with Crippen LogP contribution in [0.15, 0.2) is 36.4 Å². The third-order valence-corrected chi connectivity index (χ3v) is 5.51. The number of carbonyl (C=O) groups excluding carboxylic acids is 1. The van der Waals surface area contributed by atoms with Gasteiger partial charge in [0.1, 0.15) is 5.75 Å². The molecule has 9 heteroatoms. The number of fused-ring (bicyclic) bond motifs is 1. The highest BCUT2D eigenvalue weighted by atomic mass is 16.5. The number of benzene rings is 1. The van der Waals surface area contributed by atoms with E-state index in [1.54, 1.807) is 19.2 Å². The molecule has 3 heterocycles. The van der Waals surface area contributed by atoms with E-state index < -0.39 is 0 Å². The molecule has 0 saturated carbocycles. The Kier molecular flexibility index (Phi) is 7.01. The Morgan fingerprint density at radius 2 is 1.97 bits per heavy atom. The van der Waals surface area contributed by atoms with Gasteiger partial charge in [0.2, 0.25) is 5.88 Å². The van der Waals surface area contributed by atoms with Crippen LogP contribution in [0, 0.1) is 13.8 Å². The maximum absolute atomic E-state index is 12.8. The van der Waals surface area contributed by atoms with Gasteiger partial charge in [-0.25, -0.2) is 9.97 Å². The number of H-pyrrole nitrogens is 1. The predicted molar refractivity (Wildman–Crippen MR) is 129 cm³/mol. The maximum atomic E-state index is 12.8. The molecule has 0 radical (unpaired) electrons. The number of nitrogens with zero attached hydrogens (tertiary/aromatic N) is 4. The lowest BCUT2D eigenvalue weighted by Gasteiger charge is -2.13. The van der Waals surface area contributed by atoms with Crippen LogP contribution in [0.2, 0.25) is 0 Å². The summed E-state index contributed by atoms with van der Waals surface area (Å²) in [6.07, 6.45) is 1.55. The van der Waals surface area contributed by atoms with Crippen LogP contribution in [0.25, 0.3) is 22.2 Å². The molecule has 3 aromatic heterocycles. The summed E-state index contributed by atoms with van der Waals surface area (Å²) in [5, 5.41) is 14.4. The van der Waals surface area contributed by atoms with Gasteiger partial charge in [-0.3, -0.25) is 9.89 Å². The van der Waals surface area contributed by atoms with Crippen LogP contribution >= 0.6 is 0 Å². The van der Waals surface area contributed by atoms with Crippen LogP contribution in [0.1, 0.15) is 40.8 Å². The second kappa shape index (κ2) is 10.3. The number of aromatic amines is 1. The smallest absolute Gasteiger partial charge is 0.251 e. The molecule has 4 aromatic rings. The van der Waals surface area contributed by atoms with Gasteiger partial charge in [0, 0.05) is 29.3 Å². The highest BCUT2D eigenvalue weighted by Gasteiger charge is 2.15. The molecule has 176 valence electrons. The van der Waals surface area contributed by atoms with Crippen LogP contribution < -0.4 is 14.8 Å². The number of methoxy groups -OCH3 is 1. The van der Waals surface area contributed by atoms with Crippen molar-refractivity contribution >= 4 is 16.8 Å². The zero-order chi connectivity index (χ0) is 24.1. The molecule has 9 nitrogen and oxygen atoms in total. The van der Waals surface area contributed by atoms with E-state index in [2.05, 4.69) is 25.7 Å². The van der Waals surface area contributed by atoms with Gasteiger partial charge in [0.05, 0.1) is 41.9 Å². The monoisotopic (exact) mass is 460 g/mol. The van der Waals surface area contributed by atoms with Crippen LogP contribution in [0.3, 0.4) is 0 Å². The second-order valence-electron chi connectivity index (χ2n) is 7.92. The van der Waals surface area contributed by atoms with Crippen LogP contribution in [-0.2, 0) is 6.42 Å². The number of pyridine rings is 2. The highest BCUT2D eigenvalue weighted by Crippen LogP contribution is 2.34. The van der Waals surface area contributed by atoms with Gasteiger partial charge < -0.3 is 14.8 Å². The first-order valence-corrected chi connectivity index (χ1v) is 11.2. The lowest BCUT2D eigenvalue weighted by atomic mass is 10.1. The van der Waals surface area contributed by atoms with Crippen molar-refractivity contribution in [2.75, 3.05) is 20.3 Å². The zero-order valence-electron chi connectivity index (χ0n) is 19.8. The van der Waals surface area contributed by atoms with Gasteiger partial charge in [-0.05, 0) is 63.9 Å². The molecule has 1 aromatic carbocycles. The fourth-order valence-electron chi connectivity index (χ4n) is 3.74. The Hall–Kier alpha value is -4.01. The molecule has 0 saturated heterocycles. The number of hydrogen-bond donors (Lipinski definition) is 2. The standard InChI is InChI=1S/C25H28N6O3/c1-5-34-23-14-22(19-10-8-15(2)27-25(19)33-4)28-21-13-17(9-11-18(21)23)24(32)26-12-6-7-20-16(3)29-31-30-20/h8-11,13-14H,5-7,12H2,1-4H3,(H,26,32)(H,29,30,31). The van der Waals surface area contributed by atoms with Crippen molar-refractivity contribution in [2.24, 2.45) is 0 Å². The molecule has 1 amide bonds. The van der Waals surface area contributed by atoms with E-state index >= 15 is 0 Å². The average molecular weight is 461 g/mol. The Morgan fingerprint density at radius 3 is 2.71 bits per heavy atom. The summed E-state index contributed by atoms with van der Waals surface area (Å²) in [6.45, 7) is 6.80. The Morgan fingerprint density at radius 1 is 1.12 bits per heavy atom. The fraction of sp³-hybridized carbons (Fsp3) is 0.320. The number of aryl methyl sites for hydroxylation is 3. The van der Waals surface area contributed by atoms with Crippen molar-refractivity contribution in [1.29, 1.82) is 0 Å². The first-order valence-electron chi connectivity index (χ1n) is 11.2. The Labute approximate surface area is 197 Å². The largest absolute Gasteiger partial charge is 0.493 e. The number of hydrogen-bond acceptors (Lipinski definition) is 7. The SMILES string of the molecule is CCOc1cc(-c2ccc(C)nc2OC)nc2cc(C(=O)NCCCc3[nH]nnc3C)ccc12. The van der Waals surface area contributed by atoms with Gasteiger partial charge in [0.25, 0.3) is 5.91 Å². The van der Waals surface area contributed by atoms with E-state index in [4.69, 9.17) is 14.5 Å². The molecule has 0 spiro atoms. The lowest BCUT2D eigenvalue weighted by molar-refractivity contribution is 0.0953. The molecule has 0 bridgehead atoms. The van der Waals surface area contributed by atoms with Crippen molar-refractivity contribution < 1.29 is 14.3 Å². The third-order valence-electron chi connectivity index (χ3n) is 5.51. The number of amides is 1. The minimum atomic E-state index is -0.152. The molecule has 0 aliphatic heterocycles. The summed E-state index contributed by atoms with van der Waals surface area (Å²) in [6, 6.07) is 11.2. The van der Waals surface area contributed by atoms with E-state index in [1.165, 1.54) is 0 Å². The molecule has 4 rings (SSSR count). The van der Waals surface area contributed by atoms with Gasteiger partial charge in [-0.2, -0.15) is 0 Å². The van der Waals surface area contributed by atoms with E-state index in [0.717, 1.165) is 40.9 Å². The van der Waals surface area contributed by atoms with Crippen LogP contribution in [-0.4, -0.2) is 51.5 Å².